The van der Waals surface area contributed by atoms with Gasteiger partial charge in [0.1, 0.15) is 18.1 Å². The van der Waals surface area contributed by atoms with Crippen molar-refractivity contribution in [3.05, 3.63) is 94.5 Å². The molecule has 0 saturated carbocycles. The molecule has 6 heteroatoms. The third-order valence-corrected chi connectivity index (χ3v) is 4.54. The molecule has 3 rings (SSSR count). The van der Waals surface area contributed by atoms with Gasteiger partial charge in [-0.2, -0.15) is 5.10 Å². The average molecular weight is 453 g/mol. The Balaban J connectivity index is 1.45. The van der Waals surface area contributed by atoms with Gasteiger partial charge >= 0.3 is 0 Å². The molecule has 0 saturated heterocycles. The monoisotopic (exact) mass is 452 g/mol. The molecule has 0 spiro atoms. The molecule has 0 aliphatic carbocycles. The lowest BCUT2D eigenvalue weighted by molar-refractivity contribution is -0.127. The summed E-state index contributed by atoms with van der Waals surface area (Å²) < 4.78 is 12.3. The van der Waals surface area contributed by atoms with Crippen LogP contribution in [0.5, 0.6) is 11.5 Å². The van der Waals surface area contributed by atoms with Crippen LogP contribution in [0.15, 0.2) is 88.4 Å². The van der Waals surface area contributed by atoms with Gasteiger partial charge in [0.2, 0.25) is 0 Å². The third-order valence-electron chi connectivity index (χ3n) is 4.01. The predicted octanol–water partition coefficient (Wildman–Crippen LogP) is 4.95. The van der Waals surface area contributed by atoms with Crippen LogP contribution in [0, 0.1) is 0 Å². The molecule has 29 heavy (non-hydrogen) atoms. The Morgan fingerprint density at radius 3 is 2.34 bits per heavy atom. The van der Waals surface area contributed by atoms with Gasteiger partial charge in [-0.25, -0.2) is 5.43 Å². The minimum atomic E-state index is -0.665. The highest BCUT2D eigenvalue weighted by Gasteiger charge is 2.13. The highest BCUT2D eigenvalue weighted by atomic mass is 79.9. The Bertz CT molecular complexity index is 942. The van der Waals surface area contributed by atoms with E-state index in [1.54, 1.807) is 25.3 Å². The summed E-state index contributed by atoms with van der Waals surface area (Å²) in [5, 5.41) is 3.99. The zero-order valence-electron chi connectivity index (χ0n) is 15.9. The standard InChI is InChI=1S/C23H21BrN2O3/c1-17(29-22-13-9-20(24)10-14-22)23(27)26-25-15-18-7-11-21(12-8-18)28-16-19-5-3-2-4-6-19/h2-15,17H,16H2,1H3,(H,26,27). The maximum Gasteiger partial charge on any atom is 0.280 e. The fourth-order valence-electron chi connectivity index (χ4n) is 2.42. The first kappa shape index (κ1) is 20.6. The van der Waals surface area contributed by atoms with Crippen molar-refractivity contribution in [1.29, 1.82) is 0 Å². The van der Waals surface area contributed by atoms with Crippen molar-refractivity contribution in [2.24, 2.45) is 5.10 Å². The minimum Gasteiger partial charge on any atom is -0.489 e. The zero-order valence-corrected chi connectivity index (χ0v) is 17.5. The third kappa shape index (κ3) is 6.76. The molecule has 0 heterocycles. The SMILES string of the molecule is CC(Oc1ccc(Br)cc1)C(=O)NN=Cc1ccc(OCc2ccccc2)cc1. The molecule has 5 nitrogen and oxygen atoms in total. The smallest absolute Gasteiger partial charge is 0.280 e. The number of halogens is 1. The first-order valence-corrected chi connectivity index (χ1v) is 9.91. The first-order chi connectivity index (χ1) is 14.1. The normalized spacial score (nSPS) is 11.8. The summed E-state index contributed by atoms with van der Waals surface area (Å²) in [7, 11) is 0. The molecule has 0 bridgehead atoms. The molecular formula is C23H21BrN2O3. The van der Waals surface area contributed by atoms with Crippen molar-refractivity contribution < 1.29 is 14.3 Å². The summed E-state index contributed by atoms with van der Waals surface area (Å²) in [6.45, 7) is 2.19. The number of carbonyl (C=O) groups is 1. The van der Waals surface area contributed by atoms with E-state index in [1.165, 1.54) is 0 Å². The van der Waals surface area contributed by atoms with Gasteiger partial charge in [0.15, 0.2) is 6.10 Å². The van der Waals surface area contributed by atoms with Gasteiger partial charge in [0, 0.05) is 4.47 Å². The highest BCUT2D eigenvalue weighted by Crippen LogP contribution is 2.17. The van der Waals surface area contributed by atoms with Crippen LogP contribution in [0.4, 0.5) is 0 Å². The topological polar surface area (TPSA) is 59.9 Å². The number of hydrazone groups is 1. The van der Waals surface area contributed by atoms with Crippen LogP contribution in [0.25, 0.3) is 0 Å². The lowest BCUT2D eigenvalue weighted by atomic mass is 10.2. The lowest BCUT2D eigenvalue weighted by Crippen LogP contribution is -2.33. The number of rotatable bonds is 8. The van der Waals surface area contributed by atoms with Crippen LogP contribution in [0.3, 0.4) is 0 Å². The van der Waals surface area contributed by atoms with Gasteiger partial charge in [-0.15, -0.1) is 0 Å². The molecule has 0 radical (unpaired) electrons. The number of carbonyl (C=O) groups excluding carboxylic acids is 1. The summed E-state index contributed by atoms with van der Waals surface area (Å²) in [6, 6.07) is 24.7. The zero-order chi connectivity index (χ0) is 20.5. The molecule has 3 aromatic rings. The maximum absolute atomic E-state index is 12.1. The van der Waals surface area contributed by atoms with E-state index in [0.717, 1.165) is 21.3 Å². The number of hydrogen-bond acceptors (Lipinski definition) is 4. The van der Waals surface area contributed by atoms with Crippen LogP contribution >= 0.6 is 15.9 Å². The Hall–Kier alpha value is -3.12. The van der Waals surface area contributed by atoms with Crippen LogP contribution in [0.1, 0.15) is 18.1 Å². The summed E-state index contributed by atoms with van der Waals surface area (Å²) >= 11 is 3.36. The summed E-state index contributed by atoms with van der Waals surface area (Å²) in [6.07, 6.45) is 0.910. The fraction of sp³-hybridized carbons (Fsp3) is 0.130. The molecule has 148 valence electrons. The van der Waals surface area contributed by atoms with Gasteiger partial charge in [-0.1, -0.05) is 46.3 Å². The second kappa shape index (κ2) is 10.4. The quantitative estimate of drug-likeness (QED) is 0.388. The molecule has 0 aliphatic heterocycles. The van der Waals surface area contributed by atoms with Gasteiger partial charge in [-0.3, -0.25) is 4.79 Å². The molecule has 1 N–H and O–H groups in total. The fourth-order valence-corrected chi connectivity index (χ4v) is 2.69. The van der Waals surface area contributed by atoms with E-state index in [9.17, 15) is 4.79 Å². The first-order valence-electron chi connectivity index (χ1n) is 9.12. The molecule has 1 unspecified atom stereocenters. The molecule has 1 atom stereocenters. The van der Waals surface area contributed by atoms with Crippen molar-refractivity contribution in [2.45, 2.75) is 19.6 Å². The number of nitrogens with one attached hydrogen (secondary N) is 1. The molecule has 0 aromatic heterocycles. The number of nitrogens with zero attached hydrogens (tertiary/aromatic N) is 1. The largest absolute Gasteiger partial charge is 0.489 e. The van der Waals surface area contributed by atoms with Gasteiger partial charge in [0.25, 0.3) is 5.91 Å². The van der Waals surface area contributed by atoms with E-state index in [0.29, 0.717) is 12.4 Å². The second-order valence-corrected chi connectivity index (χ2v) is 7.21. The maximum atomic E-state index is 12.1. The van der Waals surface area contributed by atoms with Crippen molar-refractivity contribution in [3.63, 3.8) is 0 Å². The number of amides is 1. The lowest BCUT2D eigenvalue weighted by Gasteiger charge is -2.12. The van der Waals surface area contributed by atoms with Crippen molar-refractivity contribution >= 4 is 28.1 Å². The van der Waals surface area contributed by atoms with E-state index in [4.69, 9.17) is 9.47 Å². The summed E-state index contributed by atoms with van der Waals surface area (Å²) in [5.41, 5.74) is 4.45. The summed E-state index contributed by atoms with van der Waals surface area (Å²) in [4.78, 5) is 12.1. The van der Waals surface area contributed by atoms with E-state index in [2.05, 4.69) is 26.5 Å². The predicted molar refractivity (Wildman–Crippen MR) is 117 cm³/mol. The highest BCUT2D eigenvalue weighted by molar-refractivity contribution is 9.10. The number of hydrogen-bond donors (Lipinski definition) is 1. The van der Waals surface area contributed by atoms with E-state index in [1.807, 2.05) is 66.7 Å². The Morgan fingerprint density at radius 2 is 1.66 bits per heavy atom. The van der Waals surface area contributed by atoms with Crippen molar-refractivity contribution in [2.75, 3.05) is 0 Å². The van der Waals surface area contributed by atoms with Crippen molar-refractivity contribution in [3.8, 4) is 11.5 Å². The molecule has 0 fully saturated rings. The van der Waals surface area contributed by atoms with Gasteiger partial charge in [-0.05, 0) is 66.6 Å². The number of ether oxygens (including phenoxy) is 2. The minimum absolute atomic E-state index is 0.327. The van der Waals surface area contributed by atoms with Crippen molar-refractivity contribution in [1.82, 2.24) is 5.43 Å². The number of benzene rings is 3. The molecule has 0 aliphatic rings. The Labute approximate surface area is 178 Å². The van der Waals surface area contributed by atoms with Crippen LogP contribution in [-0.4, -0.2) is 18.2 Å². The average Bonchev–Trinajstić information content (AvgIpc) is 2.75. The molecule has 3 aromatic carbocycles. The second-order valence-electron chi connectivity index (χ2n) is 6.29. The van der Waals surface area contributed by atoms with E-state index in [-0.39, 0.29) is 5.91 Å². The van der Waals surface area contributed by atoms with Crippen LogP contribution in [-0.2, 0) is 11.4 Å². The Kier molecular flexibility index (Phi) is 7.41. The van der Waals surface area contributed by atoms with Gasteiger partial charge in [0.05, 0.1) is 6.21 Å². The van der Waals surface area contributed by atoms with Gasteiger partial charge < -0.3 is 9.47 Å². The van der Waals surface area contributed by atoms with E-state index >= 15 is 0 Å². The molecular weight excluding hydrogens is 432 g/mol. The molecule has 1 amide bonds. The van der Waals surface area contributed by atoms with E-state index < -0.39 is 6.10 Å². The van der Waals surface area contributed by atoms with Crippen LogP contribution in [0.2, 0.25) is 0 Å². The summed E-state index contributed by atoms with van der Waals surface area (Å²) in [5.74, 6) is 1.06. The van der Waals surface area contributed by atoms with Crippen LogP contribution < -0.4 is 14.9 Å². The Morgan fingerprint density at radius 1 is 1.00 bits per heavy atom.